The monoisotopic (exact) mass is 308 g/mol. The van der Waals surface area contributed by atoms with Gasteiger partial charge in [-0.2, -0.15) is 4.31 Å². The van der Waals surface area contributed by atoms with Gasteiger partial charge in [0, 0.05) is 12.6 Å². The van der Waals surface area contributed by atoms with Crippen LogP contribution in [0.15, 0.2) is 23.1 Å². The van der Waals surface area contributed by atoms with Crippen LogP contribution in [0.2, 0.25) is 0 Å². The second kappa shape index (κ2) is 5.38. The van der Waals surface area contributed by atoms with Crippen molar-refractivity contribution in [2.45, 2.75) is 38.1 Å². The minimum Gasteiger partial charge on any atom is -0.316 e. The molecule has 0 amide bonds. The number of aryl methyl sites for hydroxylation is 2. The van der Waals surface area contributed by atoms with E-state index in [0.717, 1.165) is 30.6 Å². The van der Waals surface area contributed by atoms with Crippen LogP contribution in [0, 0.1) is 25.7 Å². The highest BCUT2D eigenvalue weighted by Gasteiger charge is 2.48. The fraction of sp³-hybridized carbons (Fsp3) is 0.625. The Kier molecular flexibility index (Phi) is 3.84. The number of fused-ring (bicyclic) bond motifs is 1. The molecule has 3 atom stereocenters. The van der Waals surface area contributed by atoms with Gasteiger partial charge in [-0.1, -0.05) is 19.1 Å². The third-order valence-corrected chi connectivity index (χ3v) is 7.05. The van der Waals surface area contributed by atoms with Gasteiger partial charge >= 0.3 is 0 Å². The summed E-state index contributed by atoms with van der Waals surface area (Å²) < 4.78 is 28.0. The zero-order valence-electron chi connectivity index (χ0n) is 13.0. The van der Waals surface area contributed by atoms with Crippen LogP contribution in [0.4, 0.5) is 0 Å². The maximum Gasteiger partial charge on any atom is 0.243 e. The van der Waals surface area contributed by atoms with Crippen molar-refractivity contribution >= 4 is 10.0 Å². The molecule has 3 rings (SSSR count). The Morgan fingerprint density at radius 2 is 2.05 bits per heavy atom. The summed E-state index contributed by atoms with van der Waals surface area (Å²) in [6, 6.07) is 5.81. The molecular weight excluding hydrogens is 284 g/mol. The molecule has 2 aliphatic rings. The molecule has 4 nitrogen and oxygen atoms in total. The lowest BCUT2D eigenvalue weighted by Crippen LogP contribution is -2.39. The zero-order chi connectivity index (χ0) is 15.2. The van der Waals surface area contributed by atoms with Crippen LogP contribution in [0.3, 0.4) is 0 Å². The molecule has 3 unspecified atom stereocenters. The van der Waals surface area contributed by atoms with Crippen molar-refractivity contribution in [3.05, 3.63) is 29.3 Å². The summed E-state index contributed by atoms with van der Waals surface area (Å²) in [6.07, 6.45) is 0.882. The zero-order valence-corrected chi connectivity index (χ0v) is 13.8. The summed E-state index contributed by atoms with van der Waals surface area (Å²) in [5, 5.41) is 3.40. The van der Waals surface area contributed by atoms with Gasteiger partial charge in [-0.3, -0.25) is 0 Å². The van der Waals surface area contributed by atoms with E-state index in [0.29, 0.717) is 23.3 Å². The van der Waals surface area contributed by atoms with E-state index in [-0.39, 0.29) is 6.04 Å². The van der Waals surface area contributed by atoms with Crippen molar-refractivity contribution in [1.82, 2.24) is 9.62 Å². The summed E-state index contributed by atoms with van der Waals surface area (Å²) in [7, 11) is -3.39. The lowest BCUT2D eigenvalue weighted by atomic mass is 9.93. The molecule has 2 fully saturated rings. The Balaban J connectivity index is 2.00. The van der Waals surface area contributed by atoms with Gasteiger partial charge in [0.1, 0.15) is 0 Å². The van der Waals surface area contributed by atoms with Crippen LogP contribution < -0.4 is 5.32 Å². The average Bonchev–Trinajstić information content (AvgIpc) is 3.01. The fourth-order valence-electron chi connectivity index (χ4n) is 3.88. The summed E-state index contributed by atoms with van der Waals surface area (Å²) in [5.41, 5.74) is 1.83. The predicted molar refractivity (Wildman–Crippen MR) is 83.7 cm³/mol. The van der Waals surface area contributed by atoms with Crippen LogP contribution in [0.5, 0.6) is 0 Å². The topological polar surface area (TPSA) is 49.4 Å². The highest BCUT2D eigenvalue weighted by Crippen LogP contribution is 2.38. The third-order valence-electron chi connectivity index (χ3n) is 5.02. The molecule has 21 heavy (non-hydrogen) atoms. The molecule has 1 aromatic carbocycles. The summed E-state index contributed by atoms with van der Waals surface area (Å²) in [4.78, 5) is 0.480. The molecule has 5 heteroatoms. The molecule has 2 heterocycles. The maximum atomic E-state index is 13.1. The Hall–Kier alpha value is -0.910. The van der Waals surface area contributed by atoms with Gasteiger partial charge in [-0.25, -0.2) is 8.42 Å². The molecule has 1 N–H and O–H groups in total. The van der Waals surface area contributed by atoms with Crippen LogP contribution in [0.1, 0.15) is 24.5 Å². The maximum absolute atomic E-state index is 13.1. The SMILES string of the molecule is CCC1C2CNCC2CN1S(=O)(=O)c1cc(C)ccc1C. The standard InChI is InChI=1S/C16H24N2O2S/c1-4-15-14-9-17-8-13(14)10-18(15)21(19,20)16-7-11(2)5-6-12(16)3/h5-7,13-15,17H,4,8-10H2,1-3H3. The average molecular weight is 308 g/mol. The van der Waals surface area contributed by atoms with E-state index in [1.54, 1.807) is 4.31 Å². The van der Waals surface area contributed by atoms with E-state index < -0.39 is 10.0 Å². The first kappa shape index (κ1) is 15.0. The first-order valence-electron chi connectivity index (χ1n) is 7.75. The molecule has 1 aromatic rings. The molecular formula is C16H24N2O2S. The largest absolute Gasteiger partial charge is 0.316 e. The molecule has 0 saturated carbocycles. The molecule has 0 radical (unpaired) electrons. The minimum absolute atomic E-state index is 0.134. The predicted octanol–water partition coefficient (Wildman–Crippen LogP) is 1.92. The smallest absolute Gasteiger partial charge is 0.243 e. The number of hydrogen-bond acceptors (Lipinski definition) is 3. The Labute approximate surface area is 127 Å². The molecule has 0 aliphatic carbocycles. The van der Waals surface area contributed by atoms with E-state index >= 15 is 0 Å². The number of sulfonamides is 1. The Morgan fingerprint density at radius 3 is 2.76 bits per heavy atom. The normalized spacial score (nSPS) is 29.8. The second-order valence-electron chi connectivity index (χ2n) is 6.40. The number of nitrogens with one attached hydrogen (secondary N) is 1. The van der Waals surface area contributed by atoms with Gasteiger partial charge in [-0.05, 0) is 62.4 Å². The van der Waals surface area contributed by atoms with Crippen molar-refractivity contribution in [1.29, 1.82) is 0 Å². The van der Waals surface area contributed by atoms with E-state index in [9.17, 15) is 8.42 Å². The fourth-order valence-corrected chi connectivity index (χ4v) is 5.99. The number of hydrogen-bond donors (Lipinski definition) is 1. The van der Waals surface area contributed by atoms with E-state index in [1.807, 2.05) is 32.0 Å². The van der Waals surface area contributed by atoms with Crippen LogP contribution in [-0.4, -0.2) is 38.4 Å². The lowest BCUT2D eigenvalue weighted by Gasteiger charge is -2.27. The van der Waals surface area contributed by atoms with Gasteiger partial charge in [-0.15, -0.1) is 0 Å². The van der Waals surface area contributed by atoms with Crippen molar-refractivity contribution in [2.75, 3.05) is 19.6 Å². The highest BCUT2D eigenvalue weighted by atomic mass is 32.2. The first-order chi connectivity index (χ1) is 9.95. The van der Waals surface area contributed by atoms with Gasteiger partial charge in [0.2, 0.25) is 10.0 Å². The quantitative estimate of drug-likeness (QED) is 0.928. The van der Waals surface area contributed by atoms with Crippen molar-refractivity contribution in [3.63, 3.8) is 0 Å². The number of rotatable bonds is 3. The summed E-state index contributed by atoms with van der Waals surface area (Å²) in [5.74, 6) is 0.935. The van der Waals surface area contributed by atoms with Gasteiger partial charge in [0.05, 0.1) is 4.90 Å². The van der Waals surface area contributed by atoms with Gasteiger partial charge in [0.15, 0.2) is 0 Å². The molecule has 116 valence electrons. The molecule has 0 spiro atoms. The molecule has 2 aliphatic heterocycles. The van der Waals surface area contributed by atoms with Gasteiger partial charge in [0.25, 0.3) is 0 Å². The molecule has 0 aromatic heterocycles. The number of benzene rings is 1. The lowest BCUT2D eigenvalue weighted by molar-refractivity contribution is 0.329. The highest BCUT2D eigenvalue weighted by molar-refractivity contribution is 7.89. The van der Waals surface area contributed by atoms with Crippen molar-refractivity contribution < 1.29 is 8.42 Å². The second-order valence-corrected chi connectivity index (χ2v) is 8.26. The van der Waals surface area contributed by atoms with E-state index in [1.165, 1.54) is 0 Å². The van der Waals surface area contributed by atoms with Crippen LogP contribution >= 0.6 is 0 Å². The van der Waals surface area contributed by atoms with Crippen LogP contribution in [-0.2, 0) is 10.0 Å². The van der Waals surface area contributed by atoms with E-state index in [2.05, 4.69) is 12.2 Å². The first-order valence-corrected chi connectivity index (χ1v) is 9.19. The summed E-state index contributed by atoms with van der Waals surface area (Å²) in [6.45, 7) is 8.47. The Morgan fingerprint density at radius 1 is 1.29 bits per heavy atom. The molecule has 2 saturated heterocycles. The summed E-state index contributed by atoms with van der Waals surface area (Å²) >= 11 is 0. The van der Waals surface area contributed by atoms with Crippen molar-refractivity contribution in [2.24, 2.45) is 11.8 Å². The van der Waals surface area contributed by atoms with E-state index in [4.69, 9.17) is 0 Å². The third kappa shape index (κ3) is 2.41. The number of nitrogens with zero attached hydrogens (tertiary/aromatic N) is 1. The van der Waals surface area contributed by atoms with Gasteiger partial charge < -0.3 is 5.32 Å². The van der Waals surface area contributed by atoms with Crippen LogP contribution in [0.25, 0.3) is 0 Å². The van der Waals surface area contributed by atoms with Crippen molar-refractivity contribution in [3.8, 4) is 0 Å². The minimum atomic E-state index is -3.39. The Bertz CT molecular complexity index is 642. The molecule has 0 bridgehead atoms.